The molecule has 0 radical (unpaired) electrons. The smallest absolute Gasteiger partial charge is 0.368 e. The Balaban J connectivity index is 3.09. The van der Waals surface area contributed by atoms with Gasteiger partial charge in [0, 0.05) is 5.54 Å². The fraction of sp³-hybridized carbons (Fsp3) is 0.625. The number of nitrogen functional groups attached to an aromatic ring is 1. The summed E-state index contributed by atoms with van der Waals surface area (Å²) in [4.78, 5) is 9.85. The molecule has 0 saturated carbocycles. The van der Waals surface area contributed by atoms with Crippen molar-refractivity contribution in [3.8, 4) is 0 Å². The van der Waals surface area contributed by atoms with Crippen LogP contribution in [0, 0.1) is 0 Å². The molecule has 8 heteroatoms. The molecule has 1 heterocycles. The summed E-state index contributed by atoms with van der Waals surface area (Å²) >= 11 is 0. The Labute approximate surface area is 90.3 Å². The van der Waals surface area contributed by atoms with Gasteiger partial charge in [0.05, 0.1) is 0 Å². The predicted octanol–water partition coefficient (Wildman–Crippen LogP) is 1.68. The first-order chi connectivity index (χ1) is 7.08. The van der Waals surface area contributed by atoms with Crippen LogP contribution in [0.3, 0.4) is 0 Å². The largest absolute Gasteiger partial charge is 0.451 e. The Morgan fingerprint density at radius 2 is 1.62 bits per heavy atom. The van der Waals surface area contributed by atoms with E-state index < -0.39 is 23.5 Å². The number of hydrogen-bond donors (Lipinski definition) is 2. The molecule has 0 aliphatic rings. The van der Waals surface area contributed by atoms with Crippen molar-refractivity contribution in [1.29, 1.82) is 0 Å². The van der Waals surface area contributed by atoms with Crippen molar-refractivity contribution in [2.45, 2.75) is 32.5 Å². The van der Waals surface area contributed by atoms with Gasteiger partial charge in [0.15, 0.2) is 0 Å². The Bertz CT molecular complexity index is 382. The van der Waals surface area contributed by atoms with Crippen molar-refractivity contribution < 1.29 is 13.2 Å². The Morgan fingerprint density at radius 1 is 1.06 bits per heavy atom. The van der Waals surface area contributed by atoms with Gasteiger partial charge in [-0.05, 0) is 20.8 Å². The topological polar surface area (TPSA) is 76.7 Å². The van der Waals surface area contributed by atoms with Crippen molar-refractivity contribution in [3.63, 3.8) is 0 Å². The lowest BCUT2D eigenvalue weighted by Crippen LogP contribution is -2.28. The Kier molecular flexibility index (Phi) is 2.93. The molecule has 1 aromatic rings. The number of anilines is 2. The summed E-state index contributed by atoms with van der Waals surface area (Å²) in [5, 5.41) is 2.69. The number of aromatic nitrogens is 3. The zero-order valence-electron chi connectivity index (χ0n) is 9.05. The highest BCUT2D eigenvalue weighted by Gasteiger charge is 2.35. The zero-order chi connectivity index (χ0) is 12.6. The van der Waals surface area contributed by atoms with Gasteiger partial charge in [0.2, 0.25) is 17.7 Å². The van der Waals surface area contributed by atoms with Crippen molar-refractivity contribution in [3.05, 3.63) is 5.82 Å². The van der Waals surface area contributed by atoms with Gasteiger partial charge in [0.1, 0.15) is 0 Å². The fourth-order valence-corrected chi connectivity index (χ4v) is 0.910. The number of hydrogen-bond acceptors (Lipinski definition) is 5. The molecule has 5 nitrogen and oxygen atoms in total. The average Bonchev–Trinajstić information content (AvgIpc) is 1.97. The lowest BCUT2D eigenvalue weighted by molar-refractivity contribution is -0.144. The van der Waals surface area contributed by atoms with E-state index in [1.54, 1.807) is 20.8 Å². The fourth-order valence-electron chi connectivity index (χ4n) is 0.910. The first kappa shape index (κ1) is 12.5. The first-order valence-corrected chi connectivity index (χ1v) is 4.45. The molecule has 0 fully saturated rings. The van der Waals surface area contributed by atoms with E-state index >= 15 is 0 Å². The number of rotatable bonds is 1. The quantitative estimate of drug-likeness (QED) is 0.774. The number of halogens is 3. The van der Waals surface area contributed by atoms with Crippen LogP contribution >= 0.6 is 0 Å². The van der Waals surface area contributed by atoms with Gasteiger partial charge in [0.25, 0.3) is 0 Å². The maximum atomic E-state index is 12.3. The van der Waals surface area contributed by atoms with Crippen molar-refractivity contribution in [2.24, 2.45) is 0 Å². The van der Waals surface area contributed by atoms with Crippen LogP contribution in [-0.2, 0) is 6.18 Å². The van der Waals surface area contributed by atoms with Gasteiger partial charge in [-0.3, -0.25) is 0 Å². The van der Waals surface area contributed by atoms with Crippen LogP contribution in [0.4, 0.5) is 25.1 Å². The number of nitrogens with zero attached hydrogens (tertiary/aromatic N) is 3. The standard InChI is InChI=1S/C8H12F3N5/c1-7(2,3)16-6-14-4(8(9,10)11)13-5(12)15-6/h1-3H3,(H3,12,13,14,15,16). The van der Waals surface area contributed by atoms with Crippen LogP contribution in [-0.4, -0.2) is 20.5 Å². The molecule has 0 bridgehead atoms. The van der Waals surface area contributed by atoms with Gasteiger partial charge < -0.3 is 11.1 Å². The van der Waals surface area contributed by atoms with Crippen molar-refractivity contribution >= 4 is 11.9 Å². The van der Waals surface area contributed by atoms with E-state index in [2.05, 4.69) is 20.3 Å². The summed E-state index contributed by atoms with van der Waals surface area (Å²) in [7, 11) is 0. The van der Waals surface area contributed by atoms with Gasteiger partial charge in [-0.25, -0.2) is 0 Å². The second kappa shape index (κ2) is 3.76. The normalized spacial score (nSPS) is 12.6. The average molecular weight is 235 g/mol. The van der Waals surface area contributed by atoms with Crippen LogP contribution in [0.5, 0.6) is 0 Å². The monoisotopic (exact) mass is 235 g/mol. The summed E-state index contributed by atoms with van der Waals surface area (Å²) in [6, 6.07) is 0. The van der Waals surface area contributed by atoms with E-state index in [0.29, 0.717) is 0 Å². The van der Waals surface area contributed by atoms with Gasteiger partial charge in [-0.2, -0.15) is 28.1 Å². The number of nitrogens with one attached hydrogen (secondary N) is 1. The lowest BCUT2D eigenvalue weighted by atomic mass is 10.1. The molecule has 0 amide bonds. The molecule has 90 valence electrons. The highest BCUT2D eigenvalue weighted by Crippen LogP contribution is 2.27. The Hall–Kier alpha value is -1.60. The lowest BCUT2D eigenvalue weighted by Gasteiger charge is -2.20. The van der Waals surface area contributed by atoms with E-state index in [-0.39, 0.29) is 5.95 Å². The minimum atomic E-state index is -4.63. The Morgan fingerprint density at radius 3 is 2.06 bits per heavy atom. The minimum absolute atomic E-state index is 0.188. The maximum Gasteiger partial charge on any atom is 0.451 e. The van der Waals surface area contributed by atoms with Crippen LogP contribution in [0.15, 0.2) is 0 Å². The van der Waals surface area contributed by atoms with Gasteiger partial charge >= 0.3 is 6.18 Å². The highest BCUT2D eigenvalue weighted by atomic mass is 19.4. The SMILES string of the molecule is CC(C)(C)Nc1nc(N)nc(C(F)(F)F)n1. The zero-order valence-corrected chi connectivity index (χ0v) is 9.05. The predicted molar refractivity (Wildman–Crippen MR) is 52.6 cm³/mol. The minimum Gasteiger partial charge on any atom is -0.368 e. The summed E-state index contributed by atoms with van der Waals surface area (Å²) in [5.74, 6) is -1.95. The van der Waals surface area contributed by atoms with Crippen LogP contribution in [0.1, 0.15) is 26.6 Å². The van der Waals surface area contributed by atoms with E-state index in [0.717, 1.165) is 0 Å². The second-order valence-corrected chi connectivity index (χ2v) is 4.21. The first-order valence-electron chi connectivity index (χ1n) is 4.45. The van der Waals surface area contributed by atoms with Crippen molar-refractivity contribution in [1.82, 2.24) is 15.0 Å². The second-order valence-electron chi connectivity index (χ2n) is 4.21. The van der Waals surface area contributed by atoms with Crippen LogP contribution in [0.25, 0.3) is 0 Å². The van der Waals surface area contributed by atoms with Gasteiger partial charge in [-0.15, -0.1) is 0 Å². The molecule has 0 aromatic carbocycles. The van der Waals surface area contributed by atoms with Crippen molar-refractivity contribution in [2.75, 3.05) is 11.1 Å². The molecule has 0 spiro atoms. The van der Waals surface area contributed by atoms with E-state index in [1.165, 1.54) is 0 Å². The molecule has 0 unspecified atom stereocenters. The van der Waals surface area contributed by atoms with Gasteiger partial charge in [-0.1, -0.05) is 0 Å². The molecule has 3 N–H and O–H groups in total. The molecule has 0 atom stereocenters. The molecule has 0 saturated heterocycles. The summed E-state index contributed by atoms with van der Waals surface area (Å²) in [6.45, 7) is 5.29. The molecule has 0 aliphatic carbocycles. The van der Waals surface area contributed by atoms with E-state index in [9.17, 15) is 13.2 Å². The van der Waals surface area contributed by atoms with Crippen LogP contribution in [0.2, 0.25) is 0 Å². The summed E-state index contributed by atoms with van der Waals surface area (Å²) in [6.07, 6.45) is -4.63. The summed E-state index contributed by atoms with van der Waals surface area (Å²) in [5.41, 5.74) is 4.71. The third kappa shape index (κ3) is 3.52. The third-order valence-corrected chi connectivity index (χ3v) is 1.39. The number of alkyl halides is 3. The molecular weight excluding hydrogens is 223 g/mol. The van der Waals surface area contributed by atoms with Crippen LogP contribution < -0.4 is 11.1 Å². The molecular formula is C8H12F3N5. The van der Waals surface area contributed by atoms with E-state index in [4.69, 9.17) is 5.73 Å². The molecule has 1 aromatic heterocycles. The third-order valence-electron chi connectivity index (χ3n) is 1.39. The maximum absolute atomic E-state index is 12.3. The molecule has 1 rings (SSSR count). The molecule has 0 aliphatic heterocycles. The highest BCUT2D eigenvalue weighted by molar-refractivity contribution is 5.33. The molecule has 16 heavy (non-hydrogen) atoms. The van der Waals surface area contributed by atoms with E-state index in [1.807, 2.05) is 0 Å². The number of nitrogens with two attached hydrogens (primary N) is 1. The summed E-state index contributed by atoms with van der Waals surface area (Å²) < 4.78 is 37.0.